The molecular weight excluding hydrogens is 211 g/mol. The summed E-state index contributed by atoms with van der Waals surface area (Å²) >= 11 is 0. The fourth-order valence-electron chi connectivity index (χ4n) is 0.941. The van der Waals surface area contributed by atoms with Crippen LogP contribution in [0.25, 0.3) is 0 Å². The van der Waals surface area contributed by atoms with E-state index in [9.17, 15) is 18.0 Å². The normalized spacial score (nSPS) is 11.3. The van der Waals surface area contributed by atoms with E-state index < -0.39 is 29.1 Å². The monoisotopic (exact) mass is 219 g/mol. The third kappa shape index (κ3) is 2.45. The van der Waals surface area contributed by atoms with E-state index in [0.29, 0.717) is 6.92 Å². The van der Waals surface area contributed by atoms with Crippen LogP contribution in [0.1, 0.15) is 23.0 Å². The summed E-state index contributed by atoms with van der Waals surface area (Å²) in [6.45, 7) is 0.590. The summed E-state index contributed by atoms with van der Waals surface area (Å²) < 4.78 is 42.7. The second kappa shape index (κ2) is 3.88. The van der Waals surface area contributed by atoms with E-state index in [1.54, 1.807) is 0 Å². The van der Waals surface area contributed by atoms with Crippen LogP contribution in [0.3, 0.4) is 0 Å². The van der Waals surface area contributed by atoms with Crippen molar-refractivity contribution in [3.63, 3.8) is 0 Å². The average molecular weight is 219 g/mol. The number of carbonyl (C=O) groups is 1. The Labute approximate surface area is 83.9 Å². The Morgan fingerprint density at radius 1 is 1.47 bits per heavy atom. The van der Waals surface area contributed by atoms with Crippen molar-refractivity contribution in [3.05, 3.63) is 29.3 Å². The van der Waals surface area contributed by atoms with E-state index in [0.717, 1.165) is 19.2 Å². The van der Waals surface area contributed by atoms with E-state index >= 15 is 0 Å². The number of alkyl halides is 2. The maximum Gasteiger partial charge on any atom is 0.342 e. The van der Waals surface area contributed by atoms with Gasteiger partial charge in [-0.05, 0) is 12.1 Å². The van der Waals surface area contributed by atoms with Crippen molar-refractivity contribution in [1.29, 1.82) is 0 Å². The van der Waals surface area contributed by atoms with Gasteiger partial charge in [-0.3, -0.25) is 0 Å². The van der Waals surface area contributed by atoms with Crippen LogP contribution in [0.2, 0.25) is 0 Å². The highest BCUT2D eigenvalue weighted by Gasteiger charge is 2.28. The molecule has 1 aromatic heterocycles. The van der Waals surface area contributed by atoms with Crippen molar-refractivity contribution in [2.24, 2.45) is 0 Å². The van der Waals surface area contributed by atoms with Crippen molar-refractivity contribution in [1.82, 2.24) is 4.98 Å². The molecule has 0 radical (unpaired) electrons. The number of pyridine rings is 1. The lowest BCUT2D eigenvalue weighted by Crippen LogP contribution is -2.14. The first kappa shape index (κ1) is 11.5. The van der Waals surface area contributed by atoms with Crippen LogP contribution in [-0.4, -0.2) is 18.1 Å². The lowest BCUT2D eigenvalue weighted by molar-refractivity contribution is 0.0117. The Kier molecular flexibility index (Phi) is 2.97. The summed E-state index contributed by atoms with van der Waals surface area (Å²) in [5.41, 5.74) is -1.20. The summed E-state index contributed by atoms with van der Waals surface area (Å²) in [6, 6.07) is 1.80. The van der Waals surface area contributed by atoms with Gasteiger partial charge in [0, 0.05) is 6.92 Å². The van der Waals surface area contributed by atoms with Gasteiger partial charge in [0.25, 0.3) is 5.92 Å². The van der Waals surface area contributed by atoms with E-state index in [1.807, 2.05) is 0 Å². The highest BCUT2D eigenvalue weighted by Crippen LogP contribution is 2.25. The highest BCUT2D eigenvalue weighted by atomic mass is 19.3. The first-order valence-corrected chi connectivity index (χ1v) is 3.99. The van der Waals surface area contributed by atoms with Gasteiger partial charge in [0.1, 0.15) is 11.3 Å². The van der Waals surface area contributed by atoms with Crippen LogP contribution in [0.15, 0.2) is 12.1 Å². The third-order valence-electron chi connectivity index (χ3n) is 1.70. The first-order chi connectivity index (χ1) is 6.86. The van der Waals surface area contributed by atoms with Gasteiger partial charge in [-0.15, -0.1) is 0 Å². The Hall–Kier alpha value is -1.59. The lowest BCUT2D eigenvalue weighted by Gasteiger charge is -2.09. The summed E-state index contributed by atoms with van der Waals surface area (Å²) in [5.74, 6) is -5.46. The minimum Gasteiger partial charge on any atom is -0.465 e. The van der Waals surface area contributed by atoms with Crippen molar-refractivity contribution in [3.8, 4) is 0 Å². The second-order valence-electron chi connectivity index (χ2n) is 2.91. The van der Waals surface area contributed by atoms with E-state index in [1.165, 1.54) is 0 Å². The Balaban J connectivity index is 3.15. The quantitative estimate of drug-likeness (QED) is 0.565. The van der Waals surface area contributed by atoms with Crippen LogP contribution >= 0.6 is 0 Å². The molecular formula is C9H8F3NO2. The van der Waals surface area contributed by atoms with Gasteiger partial charge in [-0.25, -0.2) is 9.78 Å². The number of rotatable bonds is 2. The number of esters is 1. The largest absolute Gasteiger partial charge is 0.465 e. The van der Waals surface area contributed by atoms with E-state index in [2.05, 4.69) is 9.72 Å². The van der Waals surface area contributed by atoms with Crippen molar-refractivity contribution >= 4 is 5.97 Å². The van der Waals surface area contributed by atoms with Gasteiger partial charge in [-0.2, -0.15) is 13.2 Å². The van der Waals surface area contributed by atoms with Gasteiger partial charge >= 0.3 is 5.97 Å². The summed E-state index contributed by atoms with van der Waals surface area (Å²) in [6.07, 6.45) is 0. The minimum atomic E-state index is -3.24. The standard InChI is InChI=1S/C9H8F3NO2/c1-9(11,12)6-4-3-5(7(10)13-6)8(14)15-2/h3-4H,1-2H3. The highest BCUT2D eigenvalue weighted by molar-refractivity contribution is 5.89. The number of ether oxygens (including phenoxy) is 1. The van der Waals surface area contributed by atoms with Crippen LogP contribution in [0, 0.1) is 5.95 Å². The van der Waals surface area contributed by atoms with E-state index in [-0.39, 0.29) is 0 Å². The third-order valence-corrected chi connectivity index (χ3v) is 1.70. The maximum absolute atomic E-state index is 13.1. The van der Waals surface area contributed by atoms with Gasteiger partial charge in [0.2, 0.25) is 5.95 Å². The molecule has 1 heterocycles. The van der Waals surface area contributed by atoms with Crippen molar-refractivity contribution in [2.75, 3.05) is 7.11 Å². The molecule has 0 saturated heterocycles. The fraction of sp³-hybridized carbons (Fsp3) is 0.333. The van der Waals surface area contributed by atoms with Gasteiger partial charge in [0.15, 0.2) is 0 Å². The van der Waals surface area contributed by atoms with E-state index in [4.69, 9.17) is 0 Å². The molecule has 1 aromatic rings. The molecule has 0 aliphatic rings. The lowest BCUT2D eigenvalue weighted by atomic mass is 10.2. The molecule has 82 valence electrons. The number of aromatic nitrogens is 1. The van der Waals surface area contributed by atoms with Gasteiger partial charge in [0.05, 0.1) is 7.11 Å². The van der Waals surface area contributed by atoms with Crippen molar-refractivity contribution in [2.45, 2.75) is 12.8 Å². The molecule has 0 fully saturated rings. The number of methoxy groups -OCH3 is 1. The zero-order chi connectivity index (χ0) is 11.6. The number of carbonyl (C=O) groups excluding carboxylic acids is 1. The molecule has 0 bridgehead atoms. The number of nitrogens with zero attached hydrogens (tertiary/aromatic N) is 1. The first-order valence-electron chi connectivity index (χ1n) is 3.99. The molecule has 0 amide bonds. The predicted molar refractivity (Wildman–Crippen MR) is 45.1 cm³/mol. The average Bonchev–Trinajstić information content (AvgIpc) is 2.15. The van der Waals surface area contributed by atoms with Gasteiger partial charge in [-0.1, -0.05) is 0 Å². The number of hydrogen-bond acceptors (Lipinski definition) is 3. The molecule has 0 atom stereocenters. The number of hydrogen-bond donors (Lipinski definition) is 0. The Morgan fingerprint density at radius 2 is 2.07 bits per heavy atom. The molecule has 0 N–H and O–H groups in total. The Morgan fingerprint density at radius 3 is 2.47 bits per heavy atom. The predicted octanol–water partition coefficient (Wildman–Crippen LogP) is 2.12. The minimum absolute atomic E-state index is 0.467. The molecule has 0 aromatic carbocycles. The zero-order valence-electron chi connectivity index (χ0n) is 8.05. The Bertz CT molecular complexity index is 387. The molecule has 3 nitrogen and oxygen atoms in total. The number of halogens is 3. The fourth-order valence-corrected chi connectivity index (χ4v) is 0.941. The molecule has 6 heteroatoms. The van der Waals surface area contributed by atoms with Crippen molar-refractivity contribution < 1.29 is 22.7 Å². The van der Waals surface area contributed by atoms with Crippen LogP contribution < -0.4 is 0 Å². The van der Waals surface area contributed by atoms with Gasteiger partial charge < -0.3 is 4.74 Å². The van der Waals surface area contributed by atoms with Crippen LogP contribution in [0.4, 0.5) is 13.2 Å². The summed E-state index contributed by atoms with van der Waals surface area (Å²) in [4.78, 5) is 13.9. The summed E-state index contributed by atoms with van der Waals surface area (Å²) in [7, 11) is 1.06. The molecule has 0 aliphatic carbocycles. The SMILES string of the molecule is COC(=O)c1ccc(C(C)(F)F)nc1F. The maximum atomic E-state index is 13.1. The molecule has 1 rings (SSSR count). The topological polar surface area (TPSA) is 39.2 Å². The zero-order valence-corrected chi connectivity index (χ0v) is 8.05. The second-order valence-corrected chi connectivity index (χ2v) is 2.91. The smallest absolute Gasteiger partial charge is 0.342 e. The molecule has 0 saturated carbocycles. The molecule has 0 aliphatic heterocycles. The summed E-state index contributed by atoms with van der Waals surface area (Å²) in [5, 5.41) is 0. The molecule has 0 unspecified atom stereocenters. The van der Waals surface area contributed by atoms with Crippen LogP contribution in [0.5, 0.6) is 0 Å². The molecule has 15 heavy (non-hydrogen) atoms. The molecule has 0 spiro atoms. The van der Waals surface area contributed by atoms with Crippen LogP contribution in [-0.2, 0) is 10.7 Å².